The van der Waals surface area contributed by atoms with Crippen LogP contribution in [0.15, 0.2) is 23.3 Å². The molecule has 6 heteroatoms. The molecule has 6 nitrogen and oxygen atoms in total. The summed E-state index contributed by atoms with van der Waals surface area (Å²) in [6.45, 7) is 9.92. The van der Waals surface area contributed by atoms with Gasteiger partial charge in [0.15, 0.2) is 11.4 Å². The summed E-state index contributed by atoms with van der Waals surface area (Å²) in [7, 11) is 0. The number of carbonyl (C=O) groups excluding carboxylic acids is 2. The van der Waals surface area contributed by atoms with Gasteiger partial charge in [0, 0.05) is 23.7 Å². The van der Waals surface area contributed by atoms with Gasteiger partial charge in [-0.15, -0.1) is 0 Å². The van der Waals surface area contributed by atoms with Crippen molar-refractivity contribution in [2.75, 3.05) is 6.61 Å². The van der Waals surface area contributed by atoms with E-state index in [1.807, 2.05) is 12.2 Å². The molecule has 4 aliphatic rings. The Morgan fingerprint density at radius 3 is 2.05 bits per heavy atom. The highest BCUT2D eigenvalue weighted by Gasteiger charge is 2.80. The van der Waals surface area contributed by atoms with Gasteiger partial charge in [-0.2, -0.15) is 0 Å². The van der Waals surface area contributed by atoms with E-state index < -0.39 is 35.6 Å². The number of aliphatic hydroxyl groups is 3. The summed E-state index contributed by atoms with van der Waals surface area (Å²) in [5.74, 6) is -1.32. The summed E-state index contributed by atoms with van der Waals surface area (Å²) in [4.78, 5) is 26.3. The summed E-state index contributed by atoms with van der Waals surface area (Å²) in [6, 6.07) is 0. The van der Waals surface area contributed by atoms with E-state index in [2.05, 4.69) is 27.7 Å². The lowest BCUT2D eigenvalue weighted by molar-refractivity contribution is -0.161. The predicted molar refractivity (Wildman–Crippen MR) is 166 cm³/mol. The zero-order valence-electron chi connectivity index (χ0n) is 27.0. The second-order valence-corrected chi connectivity index (χ2v) is 14.7. The van der Waals surface area contributed by atoms with Crippen LogP contribution in [0.5, 0.6) is 0 Å². The van der Waals surface area contributed by atoms with E-state index in [1.165, 1.54) is 64.2 Å². The highest BCUT2D eigenvalue weighted by molar-refractivity contribution is 6.05. The van der Waals surface area contributed by atoms with Gasteiger partial charge in [-0.25, -0.2) is 0 Å². The monoisotopic (exact) mass is 586 g/mol. The summed E-state index contributed by atoms with van der Waals surface area (Å²) in [6.07, 6.45) is 19.8. The molecule has 4 aliphatic carbocycles. The molecule has 8 unspecified atom stereocenters. The lowest BCUT2D eigenvalue weighted by atomic mass is 9.63. The number of unbranched alkanes of at least 4 members (excludes halogenated alkanes) is 12. The van der Waals surface area contributed by atoms with E-state index in [9.17, 15) is 24.9 Å². The fourth-order valence-electron chi connectivity index (χ4n) is 9.24. The van der Waals surface area contributed by atoms with Crippen LogP contribution in [-0.4, -0.2) is 51.0 Å². The topological polar surface area (TPSA) is 104 Å². The van der Waals surface area contributed by atoms with Gasteiger partial charge in [-0.05, 0) is 48.7 Å². The molecule has 0 bridgehead atoms. The van der Waals surface area contributed by atoms with E-state index >= 15 is 0 Å². The van der Waals surface area contributed by atoms with E-state index in [-0.39, 0.29) is 40.6 Å². The summed E-state index contributed by atoms with van der Waals surface area (Å²) in [5.41, 5.74) is -2.10. The summed E-state index contributed by atoms with van der Waals surface area (Å²) < 4.78 is 6.37. The lowest BCUT2D eigenvalue weighted by Gasteiger charge is -2.44. The van der Waals surface area contributed by atoms with Crippen molar-refractivity contribution in [2.45, 2.75) is 148 Å². The standard InChI is InChI=1S/C36H58O6/c1-6-7-8-9-10-11-12-13-14-15-16-17-18-19-29(38)42-35-22-25(3)30-27(31(35)34(35,4)5)21-26(23-37)33(40)36(41)28(30)20-24(2)32(36)39/h20-21,25,27-28,30-31,33,37,40-41H,6-19,22-23H2,1-5H3. The molecule has 0 spiro atoms. The third kappa shape index (κ3) is 6.06. The number of hydrogen-bond donors (Lipinski definition) is 3. The van der Waals surface area contributed by atoms with Gasteiger partial charge in [0.25, 0.3) is 0 Å². The van der Waals surface area contributed by atoms with Crippen LogP contribution in [0.1, 0.15) is 131 Å². The Bertz CT molecular complexity index is 1030. The SMILES string of the molecule is CCCCCCCCCCCCCCCC(=O)OC12CC(C)C3C(C=C(CO)C(O)C4(O)C(=O)C(C)=CC34)C1C2(C)C. The Morgan fingerprint density at radius 2 is 1.50 bits per heavy atom. The van der Waals surface area contributed by atoms with Crippen LogP contribution in [0, 0.1) is 35.0 Å². The molecule has 0 aromatic carbocycles. The van der Waals surface area contributed by atoms with Gasteiger partial charge in [0.1, 0.15) is 11.7 Å². The summed E-state index contributed by atoms with van der Waals surface area (Å²) in [5, 5.41) is 33.0. The number of ether oxygens (including phenoxy) is 1. The predicted octanol–water partition coefficient (Wildman–Crippen LogP) is 6.85. The number of ketones is 1. The highest BCUT2D eigenvalue weighted by atomic mass is 16.6. The van der Waals surface area contributed by atoms with Gasteiger partial charge in [-0.3, -0.25) is 9.59 Å². The van der Waals surface area contributed by atoms with Crippen molar-refractivity contribution >= 4 is 11.8 Å². The minimum atomic E-state index is -1.96. The molecular weight excluding hydrogens is 528 g/mol. The molecular formula is C36H58O6. The molecule has 238 valence electrons. The maximum atomic E-state index is 13.1. The Hall–Kier alpha value is -1.50. The van der Waals surface area contributed by atoms with Gasteiger partial charge in [0.05, 0.1) is 6.61 Å². The normalized spacial score (nSPS) is 36.3. The zero-order chi connectivity index (χ0) is 30.7. The Labute approximate surface area is 254 Å². The van der Waals surface area contributed by atoms with Crippen LogP contribution in [0.3, 0.4) is 0 Å². The second-order valence-electron chi connectivity index (χ2n) is 14.7. The molecule has 0 aromatic heterocycles. The number of hydrogen-bond acceptors (Lipinski definition) is 6. The van der Waals surface area contributed by atoms with Gasteiger partial charge < -0.3 is 20.1 Å². The van der Waals surface area contributed by atoms with Crippen molar-refractivity contribution in [3.05, 3.63) is 23.3 Å². The quantitative estimate of drug-likeness (QED) is 0.104. The fraction of sp³-hybridized carbons (Fsp3) is 0.833. The molecule has 8 atom stereocenters. The van der Waals surface area contributed by atoms with Gasteiger partial charge >= 0.3 is 5.97 Å². The Balaban J connectivity index is 1.29. The average molecular weight is 587 g/mol. The van der Waals surface area contributed by atoms with Gasteiger partial charge in [0.2, 0.25) is 0 Å². The van der Waals surface area contributed by atoms with Crippen LogP contribution in [-0.2, 0) is 14.3 Å². The number of fused-ring (bicyclic) bond motifs is 5. The lowest BCUT2D eigenvalue weighted by Crippen LogP contribution is -2.56. The van der Waals surface area contributed by atoms with Crippen LogP contribution in [0.4, 0.5) is 0 Å². The second kappa shape index (κ2) is 13.6. The smallest absolute Gasteiger partial charge is 0.306 e. The first-order valence-electron chi connectivity index (χ1n) is 17.1. The van der Waals surface area contributed by atoms with Crippen molar-refractivity contribution in [1.29, 1.82) is 0 Å². The van der Waals surface area contributed by atoms with Crippen LogP contribution >= 0.6 is 0 Å². The highest BCUT2D eigenvalue weighted by Crippen LogP contribution is 2.75. The molecule has 3 N–H and O–H groups in total. The van der Waals surface area contributed by atoms with Crippen molar-refractivity contribution in [3.8, 4) is 0 Å². The minimum Gasteiger partial charge on any atom is -0.458 e. The van der Waals surface area contributed by atoms with Crippen molar-refractivity contribution in [2.24, 2.45) is 35.0 Å². The molecule has 0 heterocycles. The largest absolute Gasteiger partial charge is 0.458 e. The van der Waals surface area contributed by atoms with E-state index in [0.29, 0.717) is 18.4 Å². The maximum absolute atomic E-state index is 13.1. The van der Waals surface area contributed by atoms with Crippen LogP contribution < -0.4 is 0 Å². The Kier molecular flexibility index (Phi) is 10.9. The van der Waals surface area contributed by atoms with Crippen molar-refractivity contribution in [3.63, 3.8) is 0 Å². The van der Waals surface area contributed by atoms with Crippen molar-refractivity contribution < 1.29 is 29.6 Å². The summed E-state index contributed by atoms with van der Waals surface area (Å²) >= 11 is 0. The number of aliphatic hydroxyl groups excluding tert-OH is 2. The first-order chi connectivity index (χ1) is 20.0. The molecule has 42 heavy (non-hydrogen) atoms. The Morgan fingerprint density at radius 1 is 0.952 bits per heavy atom. The molecule has 0 aliphatic heterocycles. The zero-order valence-corrected chi connectivity index (χ0v) is 27.0. The van der Waals surface area contributed by atoms with Gasteiger partial charge in [-0.1, -0.05) is 117 Å². The molecule has 2 saturated carbocycles. The molecule has 2 fully saturated rings. The van der Waals surface area contributed by atoms with Crippen LogP contribution in [0.2, 0.25) is 0 Å². The number of allylic oxidation sites excluding steroid dienone is 1. The van der Waals surface area contributed by atoms with Crippen LogP contribution in [0.25, 0.3) is 0 Å². The van der Waals surface area contributed by atoms with E-state index in [1.54, 1.807) is 6.92 Å². The van der Waals surface area contributed by atoms with E-state index in [4.69, 9.17) is 4.74 Å². The maximum Gasteiger partial charge on any atom is 0.306 e. The molecule has 0 amide bonds. The first kappa shape index (κ1) is 33.4. The first-order valence-corrected chi connectivity index (χ1v) is 17.1. The molecule has 0 saturated heterocycles. The third-order valence-electron chi connectivity index (χ3n) is 11.6. The average Bonchev–Trinajstić information content (AvgIpc) is 3.35. The minimum absolute atomic E-state index is 0.00213. The molecule has 4 rings (SSSR count). The number of rotatable bonds is 16. The van der Waals surface area contributed by atoms with E-state index in [0.717, 1.165) is 19.3 Å². The number of carbonyl (C=O) groups is 2. The number of Topliss-reactive ketones (excluding diaryl/α,β-unsaturated/α-hetero) is 1. The number of esters is 1. The fourth-order valence-corrected chi connectivity index (χ4v) is 9.24. The van der Waals surface area contributed by atoms with Crippen molar-refractivity contribution in [1.82, 2.24) is 0 Å². The molecule has 0 aromatic rings. The molecule has 0 radical (unpaired) electrons. The third-order valence-corrected chi connectivity index (χ3v) is 11.6.